The van der Waals surface area contributed by atoms with Crippen LogP contribution in [0.1, 0.15) is 42.1 Å². The third kappa shape index (κ3) is 4.22. The molecule has 0 fully saturated rings. The predicted molar refractivity (Wildman–Crippen MR) is 84.1 cm³/mol. The summed E-state index contributed by atoms with van der Waals surface area (Å²) in [5, 5.41) is 8.25. The predicted octanol–water partition coefficient (Wildman–Crippen LogP) is 2.82. The fraction of sp³-hybridized carbons (Fsp3) is 0.429. The minimum atomic E-state index is -0.157. The van der Waals surface area contributed by atoms with E-state index in [4.69, 9.17) is 0 Å². The Morgan fingerprint density at radius 2 is 1.95 bits per heavy atom. The molecule has 0 aromatic carbocycles. The van der Waals surface area contributed by atoms with Crippen LogP contribution in [-0.4, -0.2) is 26.9 Å². The van der Waals surface area contributed by atoms with Gasteiger partial charge in [0.2, 0.25) is 5.95 Å². The third-order valence-electron chi connectivity index (χ3n) is 2.93. The molecule has 2 aromatic heterocycles. The Balaban J connectivity index is 2.07. The number of aryl methyl sites for hydroxylation is 2. The maximum atomic E-state index is 12.0. The number of hydrogen-bond donors (Lipinski definition) is 2. The smallest absolute Gasteiger partial charge is 0.271 e. The van der Waals surface area contributed by atoms with E-state index in [0.29, 0.717) is 16.8 Å². The zero-order chi connectivity index (χ0) is 15.4. The number of carbonyl (C=O) groups excluding carboxylic acids is 1. The lowest BCUT2D eigenvalue weighted by Gasteiger charge is -2.09. The number of nitrogens with one attached hydrogen (secondary N) is 2. The highest BCUT2D eigenvalue weighted by Gasteiger charge is 2.13. The summed E-state index contributed by atoms with van der Waals surface area (Å²) >= 11 is 1.36. The van der Waals surface area contributed by atoms with Crippen molar-refractivity contribution in [1.29, 1.82) is 0 Å². The zero-order valence-electron chi connectivity index (χ0n) is 12.6. The van der Waals surface area contributed by atoms with Crippen molar-refractivity contribution in [3.63, 3.8) is 0 Å². The Morgan fingerprint density at radius 3 is 2.57 bits per heavy atom. The molecule has 6 nitrogen and oxygen atoms in total. The standard InChI is InChI=1S/C14H19N5OS/c1-5-8(2)15-12(20)11-7-21-14(18-11)19-13-16-9(3)6-10(4)17-13/h6-8H,5H2,1-4H3,(H,15,20)(H,16,17,18,19). The molecule has 1 atom stereocenters. The fourth-order valence-corrected chi connectivity index (χ4v) is 2.40. The Bertz CT molecular complexity index is 620. The van der Waals surface area contributed by atoms with E-state index in [0.717, 1.165) is 17.8 Å². The summed E-state index contributed by atoms with van der Waals surface area (Å²) in [6.07, 6.45) is 0.886. The molecule has 0 aliphatic carbocycles. The summed E-state index contributed by atoms with van der Waals surface area (Å²) in [7, 11) is 0. The minimum Gasteiger partial charge on any atom is -0.348 e. The second-order valence-electron chi connectivity index (χ2n) is 4.92. The van der Waals surface area contributed by atoms with Gasteiger partial charge in [0.15, 0.2) is 5.13 Å². The SMILES string of the molecule is CCC(C)NC(=O)c1csc(Nc2nc(C)cc(C)n2)n1. The Labute approximate surface area is 128 Å². The van der Waals surface area contributed by atoms with Crippen molar-refractivity contribution >= 4 is 28.3 Å². The summed E-state index contributed by atoms with van der Waals surface area (Å²) in [5.74, 6) is 0.339. The highest BCUT2D eigenvalue weighted by molar-refractivity contribution is 7.14. The first-order valence-corrected chi connectivity index (χ1v) is 7.71. The Kier molecular flexibility index (Phi) is 4.85. The molecule has 0 saturated heterocycles. The largest absolute Gasteiger partial charge is 0.348 e. The number of rotatable bonds is 5. The molecule has 0 aliphatic rings. The van der Waals surface area contributed by atoms with Crippen molar-refractivity contribution in [2.75, 3.05) is 5.32 Å². The maximum absolute atomic E-state index is 12.0. The number of thiazole rings is 1. The first-order valence-electron chi connectivity index (χ1n) is 6.83. The number of amides is 1. The van der Waals surface area contributed by atoms with Gasteiger partial charge in [0.25, 0.3) is 5.91 Å². The van der Waals surface area contributed by atoms with E-state index in [9.17, 15) is 4.79 Å². The molecule has 7 heteroatoms. The monoisotopic (exact) mass is 305 g/mol. The van der Waals surface area contributed by atoms with Crippen LogP contribution in [0.3, 0.4) is 0 Å². The number of aromatic nitrogens is 3. The molecule has 0 radical (unpaired) electrons. The molecule has 1 unspecified atom stereocenters. The molecular weight excluding hydrogens is 286 g/mol. The van der Waals surface area contributed by atoms with Gasteiger partial charge in [-0.25, -0.2) is 15.0 Å². The molecule has 0 spiro atoms. The van der Waals surface area contributed by atoms with Gasteiger partial charge in [-0.15, -0.1) is 11.3 Å². The Morgan fingerprint density at radius 1 is 1.29 bits per heavy atom. The summed E-state index contributed by atoms with van der Waals surface area (Å²) in [6, 6.07) is 2.04. The van der Waals surface area contributed by atoms with E-state index >= 15 is 0 Å². The summed E-state index contributed by atoms with van der Waals surface area (Å²) in [4.78, 5) is 24.8. The lowest BCUT2D eigenvalue weighted by Crippen LogP contribution is -2.32. The van der Waals surface area contributed by atoms with Gasteiger partial charge in [-0.05, 0) is 33.3 Å². The lowest BCUT2D eigenvalue weighted by molar-refractivity contribution is 0.0935. The molecule has 0 saturated carbocycles. The van der Waals surface area contributed by atoms with Crippen LogP contribution >= 0.6 is 11.3 Å². The van der Waals surface area contributed by atoms with Crippen molar-refractivity contribution in [3.05, 3.63) is 28.5 Å². The third-order valence-corrected chi connectivity index (χ3v) is 3.69. The maximum Gasteiger partial charge on any atom is 0.271 e. The van der Waals surface area contributed by atoms with Crippen LogP contribution in [-0.2, 0) is 0 Å². The van der Waals surface area contributed by atoms with E-state index < -0.39 is 0 Å². The summed E-state index contributed by atoms with van der Waals surface area (Å²) in [6.45, 7) is 7.81. The number of anilines is 2. The fourth-order valence-electron chi connectivity index (χ4n) is 1.71. The van der Waals surface area contributed by atoms with Gasteiger partial charge in [-0.3, -0.25) is 4.79 Å². The average molecular weight is 305 g/mol. The van der Waals surface area contributed by atoms with E-state index in [1.807, 2.05) is 33.8 Å². The molecule has 112 valence electrons. The Hall–Kier alpha value is -2.02. The van der Waals surface area contributed by atoms with Crippen LogP contribution in [0.2, 0.25) is 0 Å². The highest BCUT2D eigenvalue weighted by Crippen LogP contribution is 2.19. The van der Waals surface area contributed by atoms with Crippen LogP contribution in [0, 0.1) is 13.8 Å². The van der Waals surface area contributed by atoms with Crippen LogP contribution < -0.4 is 10.6 Å². The van der Waals surface area contributed by atoms with Gasteiger partial charge >= 0.3 is 0 Å². The van der Waals surface area contributed by atoms with Crippen LogP contribution in [0.5, 0.6) is 0 Å². The highest BCUT2D eigenvalue weighted by atomic mass is 32.1. The molecule has 0 aliphatic heterocycles. The van der Waals surface area contributed by atoms with Crippen molar-refractivity contribution in [1.82, 2.24) is 20.3 Å². The van der Waals surface area contributed by atoms with E-state index in [-0.39, 0.29) is 11.9 Å². The lowest BCUT2D eigenvalue weighted by atomic mass is 10.2. The van der Waals surface area contributed by atoms with Gasteiger partial charge in [0.05, 0.1) is 0 Å². The van der Waals surface area contributed by atoms with Crippen LogP contribution in [0.4, 0.5) is 11.1 Å². The van der Waals surface area contributed by atoms with E-state index in [1.54, 1.807) is 5.38 Å². The summed E-state index contributed by atoms with van der Waals surface area (Å²) < 4.78 is 0. The second-order valence-corrected chi connectivity index (χ2v) is 5.78. The van der Waals surface area contributed by atoms with Crippen LogP contribution in [0.25, 0.3) is 0 Å². The molecule has 2 N–H and O–H groups in total. The average Bonchev–Trinajstić information content (AvgIpc) is 2.85. The van der Waals surface area contributed by atoms with Crippen molar-refractivity contribution in [2.24, 2.45) is 0 Å². The molecule has 1 amide bonds. The van der Waals surface area contributed by atoms with Crippen LogP contribution in [0.15, 0.2) is 11.4 Å². The number of nitrogens with zero attached hydrogens (tertiary/aromatic N) is 3. The molecule has 0 bridgehead atoms. The van der Waals surface area contributed by atoms with Gasteiger partial charge in [-0.2, -0.15) is 0 Å². The van der Waals surface area contributed by atoms with E-state index in [1.165, 1.54) is 11.3 Å². The molecule has 2 heterocycles. The first kappa shape index (κ1) is 15.4. The zero-order valence-corrected chi connectivity index (χ0v) is 13.4. The van der Waals surface area contributed by atoms with E-state index in [2.05, 4.69) is 25.6 Å². The molecule has 2 rings (SSSR count). The molecule has 21 heavy (non-hydrogen) atoms. The minimum absolute atomic E-state index is 0.137. The van der Waals surface area contributed by atoms with Crippen molar-refractivity contribution in [3.8, 4) is 0 Å². The normalized spacial score (nSPS) is 12.0. The second kappa shape index (κ2) is 6.62. The van der Waals surface area contributed by atoms with Gasteiger partial charge < -0.3 is 10.6 Å². The molecular formula is C14H19N5OS. The quantitative estimate of drug-likeness (QED) is 0.888. The number of hydrogen-bond acceptors (Lipinski definition) is 6. The first-order chi connectivity index (χ1) is 9.97. The van der Waals surface area contributed by atoms with Gasteiger partial charge in [-0.1, -0.05) is 6.92 Å². The van der Waals surface area contributed by atoms with Crippen molar-refractivity contribution < 1.29 is 4.79 Å². The summed E-state index contributed by atoms with van der Waals surface area (Å²) in [5.41, 5.74) is 2.18. The van der Waals surface area contributed by atoms with Gasteiger partial charge in [0.1, 0.15) is 5.69 Å². The topological polar surface area (TPSA) is 79.8 Å². The van der Waals surface area contributed by atoms with Gasteiger partial charge in [0, 0.05) is 22.8 Å². The number of carbonyl (C=O) groups is 1. The van der Waals surface area contributed by atoms with Crippen molar-refractivity contribution in [2.45, 2.75) is 40.2 Å². The molecule has 2 aromatic rings.